The smallest absolute Gasteiger partial charge is 0.223 e. The molecule has 5 aliphatic rings. The molecule has 6 rings (SSSR count). The molecule has 5 heteroatoms. The van der Waals surface area contributed by atoms with Crippen LogP contribution in [0.15, 0.2) is 47.9 Å². The molecule has 0 radical (unpaired) electrons. The van der Waals surface area contributed by atoms with Gasteiger partial charge in [0.05, 0.1) is 12.1 Å². The SMILES string of the molecule is C=CCCCC(=O)N1C2c3oc4cc3C3CC(=O)N(CCCCC=CCC4)CC32C[C@@H]1C=C. The minimum absolute atomic E-state index is 0.0210. The summed E-state index contributed by atoms with van der Waals surface area (Å²) in [6, 6.07) is 2.06. The summed E-state index contributed by atoms with van der Waals surface area (Å²) in [5.74, 6) is 2.44. The van der Waals surface area contributed by atoms with Crippen molar-refractivity contribution in [3.8, 4) is 0 Å². The molecule has 6 bridgehead atoms. The highest BCUT2D eigenvalue weighted by Gasteiger charge is 2.66. The monoisotopic (exact) mass is 448 g/mol. The quantitative estimate of drug-likeness (QED) is 0.444. The van der Waals surface area contributed by atoms with Gasteiger partial charge in [0, 0.05) is 49.2 Å². The molecule has 1 aromatic rings. The van der Waals surface area contributed by atoms with Crippen LogP contribution in [0.3, 0.4) is 0 Å². The van der Waals surface area contributed by atoms with Gasteiger partial charge in [0.15, 0.2) is 0 Å². The van der Waals surface area contributed by atoms with Crippen LogP contribution in [0.1, 0.15) is 86.8 Å². The molecule has 4 atom stereocenters. The molecule has 5 heterocycles. The van der Waals surface area contributed by atoms with E-state index in [-0.39, 0.29) is 35.2 Å². The number of piperidine rings is 1. The van der Waals surface area contributed by atoms with Crippen LogP contribution < -0.4 is 0 Å². The standard InChI is InChI=1S/C28H36N2O3/c1-3-5-10-14-24(31)30-20(4-2)18-28-19-29-15-12-9-7-6-8-11-13-21-16-22(23(28)17-25(29)32)26(33-21)27(28)30/h3-4,6,8,16,20,23,27H,1-2,5,7,9-15,17-19H2/t20-,23?,27?,28?/m0/s1. The number of hydrogen-bond donors (Lipinski definition) is 0. The van der Waals surface area contributed by atoms with Crippen molar-refractivity contribution in [2.45, 2.75) is 82.2 Å². The van der Waals surface area contributed by atoms with E-state index in [4.69, 9.17) is 4.42 Å². The minimum Gasteiger partial charge on any atom is -0.464 e. The Bertz CT molecular complexity index is 976. The first kappa shape index (κ1) is 22.2. The highest BCUT2D eigenvalue weighted by atomic mass is 16.3. The van der Waals surface area contributed by atoms with E-state index in [9.17, 15) is 9.59 Å². The molecule has 2 fully saturated rings. The van der Waals surface area contributed by atoms with E-state index < -0.39 is 0 Å². The molecular weight excluding hydrogens is 412 g/mol. The molecule has 3 unspecified atom stereocenters. The molecule has 0 N–H and O–H groups in total. The van der Waals surface area contributed by atoms with E-state index in [1.807, 2.05) is 12.2 Å². The second-order valence-electron chi connectivity index (χ2n) is 10.2. The number of allylic oxidation sites excluding steroid dienone is 3. The van der Waals surface area contributed by atoms with Gasteiger partial charge in [0.1, 0.15) is 11.5 Å². The molecule has 1 aromatic heterocycles. The number of aryl methyl sites for hydroxylation is 1. The summed E-state index contributed by atoms with van der Waals surface area (Å²) in [5, 5.41) is 0. The Morgan fingerprint density at radius 1 is 1.24 bits per heavy atom. The highest BCUT2D eigenvalue weighted by Crippen LogP contribution is 2.67. The predicted octanol–water partition coefficient (Wildman–Crippen LogP) is 5.45. The van der Waals surface area contributed by atoms with Crippen LogP contribution >= 0.6 is 0 Å². The summed E-state index contributed by atoms with van der Waals surface area (Å²) in [5.41, 5.74) is 1.000. The fraction of sp³-hybridized carbons (Fsp3) is 0.571. The molecular formula is C28H36N2O3. The van der Waals surface area contributed by atoms with Crippen molar-refractivity contribution in [1.82, 2.24) is 9.80 Å². The Balaban J connectivity index is 1.57. The van der Waals surface area contributed by atoms with Gasteiger partial charge in [-0.1, -0.05) is 24.3 Å². The van der Waals surface area contributed by atoms with Gasteiger partial charge in [-0.2, -0.15) is 0 Å². The van der Waals surface area contributed by atoms with E-state index in [1.165, 1.54) is 5.56 Å². The number of rotatable bonds is 5. The van der Waals surface area contributed by atoms with Crippen molar-refractivity contribution in [2.75, 3.05) is 13.1 Å². The zero-order chi connectivity index (χ0) is 23.0. The van der Waals surface area contributed by atoms with Crippen LogP contribution in [0.2, 0.25) is 0 Å². The number of fused-ring (bicyclic) bond motifs is 7. The van der Waals surface area contributed by atoms with Crippen LogP contribution in [0.25, 0.3) is 0 Å². The lowest BCUT2D eigenvalue weighted by molar-refractivity contribution is -0.141. The Hall–Kier alpha value is -2.56. The number of hydrogen-bond acceptors (Lipinski definition) is 3. The van der Waals surface area contributed by atoms with Crippen molar-refractivity contribution in [3.63, 3.8) is 0 Å². The first-order chi connectivity index (χ1) is 16.1. The zero-order valence-corrected chi connectivity index (χ0v) is 19.6. The highest BCUT2D eigenvalue weighted by molar-refractivity contribution is 5.81. The number of likely N-dealkylation sites (tertiary alicyclic amines) is 1. The van der Waals surface area contributed by atoms with Crippen molar-refractivity contribution < 1.29 is 14.0 Å². The summed E-state index contributed by atoms with van der Waals surface area (Å²) in [4.78, 5) is 30.9. The van der Waals surface area contributed by atoms with Crippen molar-refractivity contribution in [2.24, 2.45) is 5.41 Å². The topological polar surface area (TPSA) is 53.8 Å². The fourth-order valence-corrected chi connectivity index (χ4v) is 6.79. The fourth-order valence-electron chi connectivity index (χ4n) is 6.79. The van der Waals surface area contributed by atoms with Gasteiger partial charge in [-0.05, 0) is 51.0 Å². The third-order valence-electron chi connectivity index (χ3n) is 8.28. The summed E-state index contributed by atoms with van der Waals surface area (Å²) in [6.07, 6.45) is 16.8. The second kappa shape index (κ2) is 9.00. The lowest BCUT2D eigenvalue weighted by atomic mass is 9.68. The van der Waals surface area contributed by atoms with Gasteiger partial charge < -0.3 is 14.2 Å². The van der Waals surface area contributed by atoms with Gasteiger partial charge in [0.25, 0.3) is 0 Å². The summed E-state index contributed by atoms with van der Waals surface area (Å²) in [7, 11) is 0. The maximum absolute atomic E-state index is 13.5. The van der Waals surface area contributed by atoms with E-state index in [0.717, 1.165) is 69.4 Å². The molecule has 2 saturated heterocycles. The lowest BCUT2D eigenvalue weighted by Crippen LogP contribution is -2.50. The van der Waals surface area contributed by atoms with Gasteiger partial charge in [0.2, 0.25) is 11.8 Å². The van der Waals surface area contributed by atoms with Gasteiger partial charge >= 0.3 is 0 Å². The Morgan fingerprint density at radius 3 is 2.91 bits per heavy atom. The van der Waals surface area contributed by atoms with Gasteiger partial charge in [-0.3, -0.25) is 9.59 Å². The second-order valence-corrected chi connectivity index (χ2v) is 10.2. The van der Waals surface area contributed by atoms with E-state index in [2.05, 4.69) is 41.2 Å². The van der Waals surface area contributed by atoms with Crippen LogP contribution in [0.4, 0.5) is 0 Å². The number of carbonyl (C=O) groups is 2. The van der Waals surface area contributed by atoms with E-state index in [1.54, 1.807) is 0 Å². The molecule has 5 nitrogen and oxygen atoms in total. The van der Waals surface area contributed by atoms with E-state index in [0.29, 0.717) is 19.4 Å². The third kappa shape index (κ3) is 3.70. The predicted molar refractivity (Wildman–Crippen MR) is 129 cm³/mol. The Labute approximate surface area is 197 Å². The van der Waals surface area contributed by atoms with E-state index >= 15 is 0 Å². The zero-order valence-electron chi connectivity index (χ0n) is 19.6. The number of amides is 2. The lowest BCUT2D eigenvalue weighted by Gasteiger charge is -2.45. The number of unbranched alkanes of at least 4 members (excludes halogenated alkanes) is 1. The van der Waals surface area contributed by atoms with Gasteiger partial charge in [-0.25, -0.2) is 0 Å². The first-order valence-corrected chi connectivity index (χ1v) is 12.7. The molecule has 1 spiro atoms. The Morgan fingerprint density at radius 2 is 2.09 bits per heavy atom. The molecule has 0 saturated carbocycles. The molecule has 4 aliphatic heterocycles. The summed E-state index contributed by atoms with van der Waals surface area (Å²) < 4.78 is 6.52. The Kier molecular flexibility index (Phi) is 6.07. The number of carbonyl (C=O) groups excluding carboxylic acids is 2. The number of furan rings is 1. The molecule has 1 aliphatic carbocycles. The normalized spacial score (nSPS) is 30.9. The van der Waals surface area contributed by atoms with Gasteiger partial charge in [-0.15, -0.1) is 13.2 Å². The van der Waals surface area contributed by atoms with Crippen LogP contribution in [0, 0.1) is 5.41 Å². The third-order valence-corrected chi connectivity index (χ3v) is 8.28. The van der Waals surface area contributed by atoms with Crippen molar-refractivity contribution in [1.29, 1.82) is 0 Å². The molecule has 2 amide bonds. The van der Waals surface area contributed by atoms with Crippen molar-refractivity contribution in [3.05, 3.63) is 60.6 Å². The van der Waals surface area contributed by atoms with Crippen LogP contribution in [0.5, 0.6) is 0 Å². The average molecular weight is 449 g/mol. The molecule has 176 valence electrons. The largest absolute Gasteiger partial charge is 0.464 e. The average Bonchev–Trinajstić information content (AvgIpc) is 3.41. The first-order valence-electron chi connectivity index (χ1n) is 12.7. The maximum Gasteiger partial charge on any atom is 0.223 e. The maximum atomic E-state index is 13.5. The molecule has 33 heavy (non-hydrogen) atoms. The van der Waals surface area contributed by atoms with Crippen molar-refractivity contribution >= 4 is 11.8 Å². The van der Waals surface area contributed by atoms with Crippen LogP contribution in [-0.2, 0) is 16.0 Å². The molecule has 0 aromatic carbocycles. The minimum atomic E-state index is -0.175. The summed E-state index contributed by atoms with van der Waals surface area (Å²) >= 11 is 0. The number of nitrogens with zero attached hydrogens (tertiary/aromatic N) is 2. The van der Waals surface area contributed by atoms with Crippen LogP contribution in [-0.4, -0.2) is 40.7 Å². The summed E-state index contributed by atoms with van der Waals surface area (Å²) in [6.45, 7) is 9.40.